The third-order valence-electron chi connectivity index (χ3n) is 2.11. The topological polar surface area (TPSA) is 67.3 Å². The quantitative estimate of drug-likeness (QED) is 0.686. The number of unbranched alkanes of at least 4 members (excludes halogenated alkanes) is 1. The minimum atomic E-state index is 0.230. The standard InChI is InChI=1S/C10H17N3O2/c1-8-9(11-5-3-4-6-14)12-7-13-10(8)15-2/h7,14H,3-6H2,1-2H3,(H,11,12,13). The number of rotatable bonds is 6. The van der Waals surface area contributed by atoms with Crippen LogP contribution in [0.4, 0.5) is 5.82 Å². The lowest BCUT2D eigenvalue weighted by Crippen LogP contribution is -2.07. The van der Waals surface area contributed by atoms with E-state index in [0.717, 1.165) is 30.8 Å². The zero-order valence-corrected chi connectivity index (χ0v) is 9.16. The summed E-state index contributed by atoms with van der Waals surface area (Å²) in [6, 6.07) is 0. The van der Waals surface area contributed by atoms with Gasteiger partial charge in [0.1, 0.15) is 12.1 Å². The van der Waals surface area contributed by atoms with Crippen molar-refractivity contribution in [3.8, 4) is 5.88 Å². The van der Waals surface area contributed by atoms with Crippen LogP contribution in [-0.2, 0) is 0 Å². The average molecular weight is 211 g/mol. The first kappa shape index (κ1) is 11.7. The van der Waals surface area contributed by atoms with Crippen LogP contribution in [0.25, 0.3) is 0 Å². The summed E-state index contributed by atoms with van der Waals surface area (Å²) in [5, 5.41) is 11.8. The average Bonchev–Trinajstić information content (AvgIpc) is 2.26. The molecule has 0 atom stereocenters. The van der Waals surface area contributed by atoms with E-state index in [2.05, 4.69) is 15.3 Å². The zero-order chi connectivity index (χ0) is 11.1. The van der Waals surface area contributed by atoms with Crippen LogP contribution in [0.3, 0.4) is 0 Å². The van der Waals surface area contributed by atoms with Crippen molar-refractivity contribution in [3.63, 3.8) is 0 Å². The molecule has 0 radical (unpaired) electrons. The molecule has 84 valence electrons. The normalized spacial score (nSPS) is 10.1. The van der Waals surface area contributed by atoms with Crippen molar-refractivity contribution in [2.45, 2.75) is 19.8 Å². The number of aliphatic hydroxyl groups excluding tert-OH is 1. The Morgan fingerprint density at radius 1 is 1.40 bits per heavy atom. The molecule has 0 saturated carbocycles. The second-order valence-corrected chi connectivity index (χ2v) is 3.21. The molecule has 1 aromatic heterocycles. The Kier molecular flexibility index (Phi) is 4.83. The van der Waals surface area contributed by atoms with E-state index in [-0.39, 0.29) is 6.61 Å². The molecule has 5 heteroatoms. The summed E-state index contributed by atoms with van der Waals surface area (Å²) >= 11 is 0. The molecule has 0 saturated heterocycles. The molecule has 2 N–H and O–H groups in total. The van der Waals surface area contributed by atoms with Gasteiger partial charge in [0.05, 0.1) is 12.7 Å². The predicted octanol–water partition coefficient (Wildman–Crippen LogP) is 0.978. The number of ether oxygens (including phenoxy) is 1. The lowest BCUT2D eigenvalue weighted by molar-refractivity contribution is 0.286. The summed E-state index contributed by atoms with van der Waals surface area (Å²) in [6.45, 7) is 2.93. The largest absolute Gasteiger partial charge is 0.481 e. The molecule has 0 aliphatic rings. The first-order valence-corrected chi connectivity index (χ1v) is 5.00. The second-order valence-electron chi connectivity index (χ2n) is 3.21. The highest BCUT2D eigenvalue weighted by Crippen LogP contribution is 2.19. The molecule has 0 unspecified atom stereocenters. The van der Waals surface area contributed by atoms with Crippen LogP contribution in [0.1, 0.15) is 18.4 Å². The van der Waals surface area contributed by atoms with E-state index in [1.54, 1.807) is 7.11 Å². The maximum atomic E-state index is 8.63. The molecule has 1 aromatic rings. The van der Waals surface area contributed by atoms with Gasteiger partial charge in [0, 0.05) is 13.2 Å². The van der Waals surface area contributed by atoms with Gasteiger partial charge >= 0.3 is 0 Å². The minimum absolute atomic E-state index is 0.230. The Morgan fingerprint density at radius 2 is 2.20 bits per heavy atom. The molecule has 0 aliphatic heterocycles. The maximum absolute atomic E-state index is 8.63. The van der Waals surface area contributed by atoms with Crippen molar-refractivity contribution in [2.75, 3.05) is 25.6 Å². The van der Waals surface area contributed by atoms with Gasteiger partial charge in [-0.1, -0.05) is 0 Å². The van der Waals surface area contributed by atoms with E-state index in [1.165, 1.54) is 6.33 Å². The van der Waals surface area contributed by atoms with Crippen LogP contribution in [-0.4, -0.2) is 35.3 Å². The molecule has 1 rings (SSSR count). The van der Waals surface area contributed by atoms with Gasteiger partial charge in [0.25, 0.3) is 0 Å². The summed E-state index contributed by atoms with van der Waals surface area (Å²) in [7, 11) is 1.59. The molecular formula is C10H17N3O2. The van der Waals surface area contributed by atoms with Gasteiger partial charge in [-0.15, -0.1) is 0 Å². The monoisotopic (exact) mass is 211 g/mol. The Balaban J connectivity index is 2.53. The molecular weight excluding hydrogens is 194 g/mol. The Hall–Kier alpha value is -1.36. The molecule has 15 heavy (non-hydrogen) atoms. The van der Waals surface area contributed by atoms with E-state index in [0.29, 0.717) is 5.88 Å². The van der Waals surface area contributed by atoms with Crippen molar-refractivity contribution >= 4 is 5.82 Å². The fraction of sp³-hybridized carbons (Fsp3) is 0.600. The highest BCUT2D eigenvalue weighted by Gasteiger charge is 2.05. The molecule has 0 spiro atoms. The van der Waals surface area contributed by atoms with Crippen LogP contribution >= 0.6 is 0 Å². The Morgan fingerprint density at radius 3 is 2.87 bits per heavy atom. The smallest absolute Gasteiger partial charge is 0.221 e. The lowest BCUT2D eigenvalue weighted by atomic mass is 10.3. The molecule has 0 bridgehead atoms. The third-order valence-corrected chi connectivity index (χ3v) is 2.11. The van der Waals surface area contributed by atoms with Gasteiger partial charge in [-0.05, 0) is 19.8 Å². The van der Waals surface area contributed by atoms with Crippen molar-refractivity contribution < 1.29 is 9.84 Å². The molecule has 0 aromatic carbocycles. The van der Waals surface area contributed by atoms with E-state index in [1.807, 2.05) is 6.92 Å². The van der Waals surface area contributed by atoms with Crippen molar-refractivity contribution in [2.24, 2.45) is 0 Å². The summed E-state index contributed by atoms with van der Waals surface area (Å²) in [4.78, 5) is 8.11. The van der Waals surface area contributed by atoms with Crippen LogP contribution in [0, 0.1) is 6.92 Å². The molecule has 0 aliphatic carbocycles. The SMILES string of the molecule is COc1ncnc(NCCCCO)c1C. The van der Waals surface area contributed by atoms with Crippen molar-refractivity contribution in [1.82, 2.24) is 9.97 Å². The van der Waals surface area contributed by atoms with Gasteiger partial charge in [-0.3, -0.25) is 0 Å². The van der Waals surface area contributed by atoms with E-state index in [4.69, 9.17) is 9.84 Å². The maximum Gasteiger partial charge on any atom is 0.221 e. The summed E-state index contributed by atoms with van der Waals surface area (Å²) in [6.07, 6.45) is 3.19. The second kappa shape index (κ2) is 6.19. The fourth-order valence-electron chi connectivity index (χ4n) is 1.26. The predicted molar refractivity (Wildman–Crippen MR) is 58.1 cm³/mol. The van der Waals surface area contributed by atoms with E-state index >= 15 is 0 Å². The Labute approximate surface area is 89.5 Å². The van der Waals surface area contributed by atoms with Crippen LogP contribution in [0.15, 0.2) is 6.33 Å². The first-order valence-electron chi connectivity index (χ1n) is 5.00. The first-order chi connectivity index (χ1) is 7.29. The summed E-state index contributed by atoms with van der Waals surface area (Å²) < 4.78 is 5.08. The number of nitrogens with zero attached hydrogens (tertiary/aromatic N) is 2. The minimum Gasteiger partial charge on any atom is -0.481 e. The zero-order valence-electron chi connectivity index (χ0n) is 9.16. The number of aromatic nitrogens is 2. The number of hydrogen-bond donors (Lipinski definition) is 2. The summed E-state index contributed by atoms with van der Waals surface area (Å²) in [5.74, 6) is 1.38. The van der Waals surface area contributed by atoms with E-state index < -0.39 is 0 Å². The summed E-state index contributed by atoms with van der Waals surface area (Å²) in [5.41, 5.74) is 0.906. The molecule has 1 heterocycles. The van der Waals surface area contributed by atoms with Gasteiger partial charge in [0.15, 0.2) is 0 Å². The van der Waals surface area contributed by atoms with Gasteiger partial charge in [-0.25, -0.2) is 9.97 Å². The number of anilines is 1. The van der Waals surface area contributed by atoms with Gasteiger partial charge in [0.2, 0.25) is 5.88 Å². The number of methoxy groups -OCH3 is 1. The number of hydrogen-bond acceptors (Lipinski definition) is 5. The molecule has 0 amide bonds. The highest BCUT2D eigenvalue weighted by atomic mass is 16.5. The van der Waals surface area contributed by atoms with Crippen LogP contribution < -0.4 is 10.1 Å². The van der Waals surface area contributed by atoms with Gasteiger partial charge in [-0.2, -0.15) is 0 Å². The molecule has 0 fully saturated rings. The number of aliphatic hydroxyl groups is 1. The van der Waals surface area contributed by atoms with Crippen molar-refractivity contribution in [3.05, 3.63) is 11.9 Å². The Bertz CT molecular complexity index is 305. The fourth-order valence-corrected chi connectivity index (χ4v) is 1.26. The third kappa shape index (κ3) is 3.36. The van der Waals surface area contributed by atoms with E-state index in [9.17, 15) is 0 Å². The van der Waals surface area contributed by atoms with Gasteiger partial charge < -0.3 is 15.2 Å². The number of nitrogens with one attached hydrogen (secondary N) is 1. The molecule has 5 nitrogen and oxygen atoms in total. The van der Waals surface area contributed by atoms with Crippen molar-refractivity contribution in [1.29, 1.82) is 0 Å². The lowest BCUT2D eigenvalue weighted by Gasteiger charge is -2.09. The van der Waals surface area contributed by atoms with Crippen LogP contribution in [0.2, 0.25) is 0 Å². The van der Waals surface area contributed by atoms with Crippen LogP contribution in [0.5, 0.6) is 5.88 Å². The highest BCUT2D eigenvalue weighted by molar-refractivity contribution is 5.47.